The zero-order chi connectivity index (χ0) is 23.8. The molecule has 0 N–H and O–H groups in total. The fourth-order valence-electron chi connectivity index (χ4n) is 1.75. The van der Waals surface area contributed by atoms with Crippen LogP contribution in [0.15, 0.2) is 24.3 Å². The van der Waals surface area contributed by atoms with Crippen molar-refractivity contribution in [1.29, 1.82) is 0 Å². The van der Waals surface area contributed by atoms with E-state index in [-0.39, 0.29) is 0 Å². The van der Waals surface area contributed by atoms with Crippen LogP contribution in [0.5, 0.6) is 0 Å². The summed E-state index contributed by atoms with van der Waals surface area (Å²) in [6, 6.07) is 2.36. The molecule has 0 atom stereocenters. The second-order valence-electron chi connectivity index (χ2n) is 5.58. The van der Waals surface area contributed by atoms with Gasteiger partial charge in [0, 0.05) is 0 Å². The van der Waals surface area contributed by atoms with Crippen molar-refractivity contribution in [3.05, 3.63) is 35.4 Å². The van der Waals surface area contributed by atoms with Crippen molar-refractivity contribution in [1.82, 2.24) is 0 Å². The molecule has 0 radical (unpaired) electrons. The van der Waals surface area contributed by atoms with Gasteiger partial charge in [-0.15, -0.1) is 0 Å². The van der Waals surface area contributed by atoms with E-state index in [1.807, 2.05) is 0 Å². The molecule has 0 amide bonds. The molecule has 0 bridgehead atoms. The van der Waals surface area contributed by atoms with Crippen LogP contribution in [0.2, 0.25) is 0 Å². The lowest BCUT2D eigenvalue weighted by molar-refractivity contribution is -0.433. The molecule has 0 aliphatic rings. The summed E-state index contributed by atoms with van der Waals surface area (Å²) in [5.41, 5.74) is -1.15. The maximum absolute atomic E-state index is 13.3. The summed E-state index contributed by atoms with van der Waals surface area (Å²) in [7, 11) is 0. The van der Waals surface area contributed by atoms with Crippen molar-refractivity contribution < 1.29 is 70.9 Å². The van der Waals surface area contributed by atoms with E-state index in [0.717, 1.165) is 0 Å². The zero-order valence-corrected chi connectivity index (χ0v) is 13.8. The van der Waals surface area contributed by atoms with Crippen molar-refractivity contribution in [2.75, 3.05) is 0 Å². The minimum absolute atomic E-state index is 0.576. The Hall–Kier alpha value is -1.84. The fourth-order valence-corrected chi connectivity index (χ4v) is 1.75. The average Bonchev–Trinajstić information content (AvgIpc) is 2.54. The van der Waals surface area contributed by atoms with Gasteiger partial charge in [0.05, 0.1) is 13.2 Å². The number of halogens is 14. The van der Waals surface area contributed by atoms with Gasteiger partial charge in [-0.2, -0.15) is 61.5 Å². The monoisotopic (exact) mass is 474 g/mol. The first-order valence-electron chi connectivity index (χ1n) is 7.16. The van der Waals surface area contributed by atoms with Gasteiger partial charge in [-0.05, 0) is 11.1 Å². The molecule has 0 spiro atoms. The summed E-state index contributed by atoms with van der Waals surface area (Å²) in [4.78, 5) is 0. The first-order chi connectivity index (χ1) is 13.2. The third kappa shape index (κ3) is 5.25. The molecule has 1 rings (SSSR count). The van der Waals surface area contributed by atoms with Gasteiger partial charge in [-0.3, -0.25) is 0 Å². The van der Waals surface area contributed by atoms with Crippen LogP contribution in [-0.4, -0.2) is 36.4 Å². The zero-order valence-electron chi connectivity index (χ0n) is 13.8. The van der Waals surface area contributed by atoms with Crippen molar-refractivity contribution in [2.45, 2.75) is 49.6 Å². The van der Waals surface area contributed by atoms with Gasteiger partial charge in [-0.25, -0.2) is 0 Å². The van der Waals surface area contributed by atoms with Crippen LogP contribution >= 0.6 is 0 Å². The van der Waals surface area contributed by atoms with Crippen LogP contribution in [0.25, 0.3) is 0 Å². The van der Waals surface area contributed by atoms with Crippen LogP contribution in [0.4, 0.5) is 61.5 Å². The third-order valence-electron chi connectivity index (χ3n) is 3.36. The smallest absolute Gasteiger partial charge is 0.327 e. The van der Waals surface area contributed by atoms with Gasteiger partial charge < -0.3 is 9.47 Å². The predicted molar refractivity (Wildman–Crippen MR) is 67.9 cm³/mol. The van der Waals surface area contributed by atoms with Crippen molar-refractivity contribution in [2.24, 2.45) is 0 Å². The molecule has 0 saturated carbocycles. The Morgan fingerprint density at radius 3 is 0.800 bits per heavy atom. The van der Waals surface area contributed by atoms with Gasteiger partial charge >= 0.3 is 36.4 Å². The molecule has 0 aliphatic carbocycles. The topological polar surface area (TPSA) is 18.5 Å². The minimum atomic E-state index is -6.50. The SMILES string of the molecule is FC(F)(F)C(F)(OCc1ccc(COC(F)(C(F)(F)F)C(F)(F)F)cc1)C(F)(F)F. The van der Waals surface area contributed by atoms with E-state index in [0.29, 0.717) is 24.3 Å². The van der Waals surface area contributed by atoms with E-state index in [1.54, 1.807) is 0 Å². The molecule has 0 unspecified atom stereocenters. The normalized spacial score (nSPS) is 14.9. The highest BCUT2D eigenvalue weighted by Gasteiger charge is 2.75. The van der Waals surface area contributed by atoms with Crippen molar-refractivity contribution >= 4 is 0 Å². The molecule has 1 aromatic carbocycles. The summed E-state index contributed by atoms with van der Waals surface area (Å²) < 4.78 is 181. The van der Waals surface area contributed by atoms with Gasteiger partial charge in [0.2, 0.25) is 0 Å². The van der Waals surface area contributed by atoms with Crippen LogP contribution in [-0.2, 0) is 22.7 Å². The Bertz CT molecular complexity index is 609. The summed E-state index contributed by atoms with van der Waals surface area (Å²) in [5, 5.41) is 0. The quantitative estimate of drug-likeness (QED) is 0.451. The summed E-state index contributed by atoms with van der Waals surface area (Å²) in [6.45, 7) is -3.26. The highest BCUT2D eigenvalue weighted by atomic mass is 19.4. The lowest BCUT2D eigenvalue weighted by Gasteiger charge is -2.30. The number of ether oxygens (including phenoxy) is 2. The Labute approximate surface area is 157 Å². The molecule has 0 heterocycles. The van der Waals surface area contributed by atoms with Crippen LogP contribution in [0, 0.1) is 0 Å². The van der Waals surface area contributed by atoms with Crippen molar-refractivity contribution in [3.63, 3.8) is 0 Å². The Balaban J connectivity index is 2.90. The minimum Gasteiger partial charge on any atom is -0.327 e. The standard InChI is InChI=1S/C14H8F14O2/c15-9(11(17,18)19,12(20,21)22)29-5-7-1-2-8(4-3-7)6-30-10(16,13(23,24)25)14(26,27)28/h1-4H,5-6H2. The van der Waals surface area contributed by atoms with Crippen LogP contribution in [0.3, 0.4) is 0 Å². The number of alkyl halides is 14. The molecule has 0 fully saturated rings. The molecular formula is C14H8F14O2. The van der Waals surface area contributed by atoms with E-state index in [1.165, 1.54) is 0 Å². The highest BCUT2D eigenvalue weighted by molar-refractivity contribution is 5.21. The number of benzene rings is 1. The highest BCUT2D eigenvalue weighted by Crippen LogP contribution is 2.48. The second-order valence-corrected chi connectivity index (χ2v) is 5.58. The van der Waals surface area contributed by atoms with Gasteiger partial charge in [0.25, 0.3) is 0 Å². The molecule has 2 nitrogen and oxygen atoms in total. The number of hydrogen-bond acceptors (Lipinski definition) is 2. The lowest BCUT2D eigenvalue weighted by Crippen LogP contribution is -2.55. The van der Waals surface area contributed by atoms with Gasteiger partial charge in [-0.1, -0.05) is 24.3 Å². The second kappa shape index (κ2) is 8.01. The Kier molecular flexibility index (Phi) is 7.00. The molecule has 16 heteroatoms. The summed E-state index contributed by atoms with van der Waals surface area (Å²) in [6.07, 6.45) is -26.0. The summed E-state index contributed by atoms with van der Waals surface area (Å²) in [5.74, 6) is -12.1. The predicted octanol–water partition coefficient (Wildman–Crippen LogP) is 6.30. The van der Waals surface area contributed by atoms with E-state index in [9.17, 15) is 61.5 Å². The maximum atomic E-state index is 13.3. The molecule has 1 aromatic rings. The van der Waals surface area contributed by atoms with Gasteiger partial charge in [0.1, 0.15) is 0 Å². The molecular weight excluding hydrogens is 466 g/mol. The Morgan fingerprint density at radius 1 is 0.433 bits per heavy atom. The molecule has 0 aliphatic heterocycles. The van der Waals surface area contributed by atoms with Gasteiger partial charge in [0.15, 0.2) is 0 Å². The fraction of sp³-hybridized carbons (Fsp3) is 0.571. The summed E-state index contributed by atoms with van der Waals surface area (Å²) >= 11 is 0. The first kappa shape index (κ1) is 26.2. The third-order valence-corrected chi connectivity index (χ3v) is 3.36. The van der Waals surface area contributed by atoms with E-state index >= 15 is 0 Å². The van der Waals surface area contributed by atoms with E-state index < -0.39 is 60.8 Å². The largest absolute Gasteiger partial charge is 0.458 e. The molecule has 30 heavy (non-hydrogen) atoms. The number of rotatable bonds is 6. The van der Waals surface area contributed by atoms with Crippen LogP contribution in [0.1, 0.15) is 11.1 Å². The van der Waals surface area contributed by atoms with Crippen molar-refractivity contribution in [3.8, 4) is 0 Å². The molecule has 0 aromatic heterocycles. The first-order valence-corrected chi connectivity index (χ1v) is 7.16. The van der Waals surface area contributed by atoms with Crippen LogP contribution < -0.4 is 0 Å². The molecule has 0 saturated heterocycles. The van der Waals surface area contributed by atoms with E-state index in [4.69, 9.17) is 0 Å². The molecule has 174 valence electrons. The lowest BCUT2D eigenvalue weighted by atomic mass is 10.1. The Morgan fingerprint density at radius 2 is 0.633 bits per heavy atom. The number of hydrogen-bond donors (Lipinski definition) is 0. The van der Waals surface area contributed by atoms with E-state index in [2.05, 4.69) is 9.47 Å². The maximum Gasteiger partial charge on any atom is 0.458 e. The average molecular weight is 474 g/mol.